The molecule has 0 aliphatic heterocycles. The van der Waals surface area contributed by atoms with E-state index in [9.17, 15) is 4.79 Å². The first kappa shape index (κ1) is 14.0. The van der Waals surface area contributed by atoms with E-state index in [0.717, 1.165) is 24.2 Å². The zero-order chi connectivity index (χ0) is 14.7. The van der Waals surface area contributed by atoms with Crippen molar-refractivity contribution in [3.8, 4) is 11.3 Å². The van der Waals surface area contributed by atoms with Gasteiger partial charge >= 0.3 is 0 Å². The highest BCUT2D eigenvalue weighted by Crippen LogP contribution is 2.29. The summed E-state index contributed by atoms with van der Waals surface area (Å²) in [6.07, 6.45) is 5.75. The average Bonchev–Trinajstić information content (AvgIpc) is 3.17. The van der Waals surface area contributed by atoms with Gasteiger partial charge in [0.15, 0.2) is 0 Å². The number of carbonyl (C=O) groups is 1. The van der Waals surface area contributed by atoms with Gasteiger partial charge in [0, 0.05) is 11.5 Å². The van der Waals surface area contributed by atoms with Crippen LogP contribution in [0.1, 0.15) is 18.6 Å². The highest BCUT2D eigenvalue weighted by molar-refractivity contribution is 6.33. The highest BCUT2D eigenvalue weighted by Gasteiger charge is 2.19. The summed E-state index contributed by atoms with van der Waals surface area (Å²) in [6.45, 7) is 0.403. The number of rotatable bonds is 4. The minimum Gasteiger partial charge on any atom is -0.459 e. The molecule has 2 aromatic rings. The van der Waals surface area contributed by atoms with E-state index in [1.165, 1.54) is 0 Å². The van der Waals surface area contributed by atoms with Gasteiger partial charge in [-0.15, -0.1) is 0 Å². The summed E-state index contributed by atoms with van der Waals surface area (Å²) in [7, 11) is 0. The van der Waals surface area contributed by atoms with Crippen LogP contribution in [0.25, 0.3) is 11.3 Å². The molecule has 0 radical (unpaired) electrons. The molecule has 1 aromatic heterocycles. The minimum atomic E-state index is 0.0722. The second kappa shape index (κ2) is 6.19. The van der Waals surface area contributed by atoms with Crippen molar-refractivity contribution < 1.29 is 9.21 Å². The fourth-order valence-electron chi connectivity index (χ4n) is 2.43. The van der Waals surface area contributed by atoms with Crippen LogP contribution in [-0.2, 0) is 11.3 Å². The highest BCUT2D eigenvalue weighted by atomic mass is 35.5. The zero-order valence-electron chi connectivity index (χ0n) is 11.5. The molecular weight excluding hydrogens is 286 g/mol. The van der Waals surface area contributed by atoms with Crippen LogP contribution >= 0.6 is 11.6 Å². The molecule has 0 spiro atoms. The smallest absolute Gasteiger partial charge is 0.224 e. The van der Waals surface area contributed by atoms with E-state index < -0.39 is 0 Å². The number of carbonyl (C=O) groups excluding carboxylic acids is 1. The second-order valence-electron chi connectivity index (χ2n) is 5.10. The lowest BCUT2D eigenvalue weighted by molar-refractivity contribution is -0.124. The molecule has 0 unspecified atom stereocenters. The number of halogens is 1. The Balaban J connectivity index is 1.63. The van der Waals surface area contributed by atoms with Crippen molar-refractivity contribution in [2.24, 2.45) is 5.92 Å². The summed E-state index contributed by atoms with van der Waals surface area (Å²) in [6, 6.07) is 11.3. The molecule has 0 fully saturated rings. The van der Waals surface area contributed by atoms with Gasteiger partial charge in [-0.1, -0.05) is 35.9 Å². The van der Waals surface area contributed by atoms with Gasteiger partial charge in [-0.2, -0.15) is 0 Å². The Bertz CT molecular complexity index is 667. The molecule has 0 bridgehead atoms. The zero-order valence-corrected chi connectivity index (χ0v) is 12.3. The molecule has 4 heteroatoms. The average molecular weight is 302 g/mol. The SMILES string of the molecule is O=C(NCc1ccc(-c2ccccc2Cl)o1)C1CC=CC1. The Hall–Kier alpha value is -2.00. The lowest BCUT2D eigenvalue weighted by atomic mass is 10.1. The van der Waals surface area contributed by atoms with E-state index in [4.69, 9.17) is 16.0 Å². The molecule has 1 aromatic carbocycles. The fraction of sp³-hybridized carbons (Fsp3) is 0.235. The molecule has 0 atom stereocenters. The third-order valence-electron chi connectivity index (χ3n) is 3.62. The maximum absolute atomic E-state index is 11.9. The first-order valence-corrected chi connectivity index (χ1v) is 7.38. The molecule has 1 heterocycles. The minimum absolute atomic E-state index is 0.0722. The van der Waals surface area contributed by atoms with Crippen LogP contribution in [0.3, 0.4) is 0 Å². The van der Waals surface area contributed by atoms with Gasteiger partial charge in [-0.3, -0.25) is 4.79 Å². The summed E-state index contributed by atoms with van der Waals surface area (Å²) >= 11 is 6.14. The number of hydrogen-bond acceptors (Lipinski definition) is 2. The molecule has 1 amide bonds. The van der Waals surface area contributed by atoms with Crippen molar-refractivity contribution in [3.05, 3.63) is 59.3 Å². The molecule has 1 aliphatic rings. The van der Waals surface area contributed by atoms with Crippen molar-refractivity contribution >= 4 is 17.5 Å². The molecule has 0 saturated carbocycles. The first-order chi connectivity index (χ1) is 10.2. The predicted octanol–water partition coefficient (Wildman–Crippen LogP) is 4.18. The summed E-state index contributed by atoms with van der Waals surface area (Å²) in [5.41, 5.74) is 0.858. The van der Waals surface area contributed by atoms with Crippen LogP contribution in [0, 0.1) is 5.92 Å². The Kier molecular flexibility index (Phi) is 4.11. The number of furan rings is 1. The van der Waals surface area contributed by atoms with Crippen LogP contribution in [0.2, 0.25) is 5.02 Å². The monoisotopic (exact) mass is 301 g/mol. The van der Waals surface area contributed by atoms with Crippen LogP contribution < -0.4 is 5.32 Å². The topological polar surface area (TPSA) is 42.2 Å². The van der Waals surface area contributed by atoms with Crippen molar-refractivity contribution in [3.63, 3.8) is 0 Å². The molecule has 21 heavy (non-hydrogen) atoms. The van der Waals surface area contributed by atoms with Crippen LogP contribution in [0.15, 0.2) is 53.0 Å². The number of amides is 1. The number of allylic oxidation sites excluding steroid dienone is 2. The predicted molar refractivity (Wildman–Crippen MR) is 82.9 cm³/mol. The maximum Gasteiger partial charge on any atom is 0.224 e. The largest absolute Gasteiger partial charge is 0.459 e. The van der Waals surface area contributed by atoms with E-state index in [-0.39, 0.29) is 11.8 Å². The molecule has 108 valence electrons. The third-order valence-corrected chi connectivity index (χ3v) is 3.95. The summed E-state index contributed by atoms with van der Waals surface area (Å²) in [4.78, 5) is 11.9. The lowest BCUT2D eigenvalue weighted by Gasteiger charge is -2.09. The van der Waals surface area contributed by atoms with Gasteiger partial charge < -0.3 is 9.73 Å². The van der Waals surface area contributed by atoms with Crippen molar-refractivity contribution in [2.45, 2.75) is 19.4 Å². The van der Waals surface area contributed by atoms with Crippen LogP contribution in [0.4, 0.5) is 0 Å². The lowest BCUT2D eigenvalue weighted by Crippen LogP contribution is -2.28. The number of nitrogens with one attached hydrogen (secondary N) is 1. The maximum atomic E-state index is 11.9. The van der Waals surface area contributed by atoms with E-state index in [0.29, 0.717) is 17.3 Å². The van der Waals surface area contributed by atoms with Crippen molar-refractivity contribution in [1.82, 2.24) is 5.32 Å². The third kappa shape index (κ3) is 3.19. The van der Waals surface area contributed by atoms with Gasteiger partial charge in [0.1, 0.15) is 11.5 Å². The van der Waals surface area contributed by atoms with E-state index in [1.807, 2.05) is 48.6 Å². The van der Waals surface area contributed by atoms with Gasteiger partial charge in [-0.25, -0.2) is 0 Å². The molecular formula is C17H16ClNO2. The Labute approximate surface area is 128 Å². The van der Waals surface area contributed by atoms with Gasteiger partial charge in [0.2, 0.25) is 5.91 Å². The Morgan fingerprint density at radius 2 is 1.95 bits per heavy atom. The van der Waals surface area contributed by atoms with Crippen molar-refractivity contribution in [1.29, 1.82) is 0 Å². The second-order valence-corrected chi connectivity index (χ2v) is 5.51. The van der Waals surface area contributed by atoms with Gasteiger partial charge in [0.25, 0.3) is 0 Å². The molecule has 3 rings (SSSR count). The normalized spacial score (nSPS) is 14.5. The summed E-state index contributed by atoms with van der Waals surface area (Å²) in [5, 5.41) is 3.57. The Morgan fingerprint density at radius 3 is 2.71 bits per heavy atom. The van der Waals surface area contributed by atoms with E-state index >= 15 is 0 Å². The van der Waals surface area contributed by atoms with Gasteiger partial charge in [-0.05, 0) is 37.1 Å². The molecule has 3 nitrogen and oxygen atoms in total. The number of hydrogen-bond donors (Lipinski definition) is 1. The molecule has 1 N–H and O–H groups in total. The van der Waals surface area contributed by atoms with Crippen LogP contribution in [-0.4, -0.2) is 5.91 Å². The molecule has 1 aliphatic carbocycles. The quantitative estimate of drug-likeness (QED) is 0.861. The van der Waals surface area contributed by atoms with E-state index in [2.05, 4.69) is 5.32 Å². The van der Waals surface area contributed by atoms with Crippen LogP contribution in [0.5, 0.6) is 0 Å². The summed E-state index contributed by atoms with van der Waals surface area (Å²) < 4.78 is 5.75. The van der Waals surface area contributed by atoms with Crippen molar-refractivity contribution in [2.75, 3.05) is 0 Å². The summed E-state index contributed by atoms with van der Waals surface area (Å²) in [5.74, 6) is 1.59. The fourth-order valence-corrected chi connectivity index (χ4v) is 2.66. The molecule has 0 saturated heterocycles. The van der Waals surface area contributed by atoms with Gasteiger partial charge in [0.05, 0.1) is 11.6 Å². The van der Waals surface area contributed by atoms with E-state index in [1.54, 1.807) is 0 Å². The standard InChI is InChI=1S/C17H16ClNO2/c18-15-8-4-3-7-14(15)16-10-9-13(21-16)11-19-17(20)12-5-1-2-6-12/h1-4,7-10,12H,5-6,11H2,(H,19,20). The Morgan fingerprint density at radius 1 is 1.19 bits per heavy atom. The number of benzene rings is 1. The first-order valence-electron chi connectivity index (χ1n) is 7.00.